The second-order valence-electron chi connectivity index (χ2n) is 8.57. The molecule has 0 bridgehead atoms. The molecule has 2 aromatic heterocycles. The highest BCUT2D eigenvalue weighted by atomic mass is 16.5. The van der Waals surface area contributed by atoms with Crippen molar-refractivity contribution < 1.29 is 9.53 Å². The van der Waals surface area contributed by atoms with Crippen LogP contribution in [0.1, 0.15) is 24.0 Å². The van der Waals surface area contributed by atoms with Crippen LogP contribution in [0, 0.1) is 6.92 Å². The lowest BCUT2D eigenvalue weighted by atomic mass is 9.98. The molecular formula is C25H28N8O2. The molecule has 2 aromatic carbocycles. The van der Waals surface area contributed by atoms with Crippen LogP contribution in [-0.4, -0.2) is 67.9 Å². The molecule has 5 rings (SSSR count). The van der Waals surface area contributed by atoms with Crippen molar-refractivity contribution in [3.05, 3.63) is 65.6 Å². The number of aromatic nitrogens is 6. The average molecular weight is 473 g/mol. The zero-order chi connectivity index (χ0) is 24.4. The number of hydrogen-bond donors (Lipinski definition) is 1. The number of anilines is 1. The molecule has 0 atom stereocenters. The minimum absolute atomic E-state index is 0.186. The van der Waals surface area contributed by atoms with Gasteiger partial charge in [-0.25, -0.2) is 10.1 Å². The minimum Gasteiger partial charge on any atom is -0.468 e. The Morgan fingerprint density at radius 3 is 2.57 bits per heavy atom. The third-order valence-electron chi connectivity index (χ3n) is 6.41. The Hall–Kier alpha value is -4.05. The van der Waals surface area contributed by atoms with Crippen molar-refractivity contribution in [1.82, 2.24) is 35.1 Å². The number of nitrogens with zero attached hydrogens (tertiary/aromatic N) is 7. The molecule has 1 N–H and O–H groups in total. The average Bonchev–Trinajstić information content (AvgIpc) is 3.53. The van der Waals surface area contributed by atoms with Crippen molar-refractivity contribution in [2.75, 3.05) is 31.8 Å². The van der Waals surface area contributed by atoms with Crippen LogP contribution in [0.2, 0.25) is 0 Å². The summed E-state index contributed by atoms with van der Waals surface area (Å²) >= 11 is 0. The summed E-state index contributed by atoms with van der Waals surface area (Å²) in [6.45, 7) is 7.36. The number of ether oxygens (including phenoxy) is 1. The molecule has 0 spiro atoms. The molecule has 0 amide bonds. The summed E-state index contributed by atoms with van der Waals surface area (Å²) in [6.07, 6.45) is 0. The van der Waals surface area contributed by atoms with Crippen LogP contribution in [0.15, 0.2) is 48.5 Å². The van der Waals surface area contributed by atoms with Crippen molar-refractivity contribution in [1.29, 1.82) is 0 Å². The van der Waals surface area contributed by atoms with E-state index in [0.29, 0.717) is 19.0 Å². The quantitative estimate of drug-likeness (QED) is 0.410. The number of rotatable bonds is 7. The summed E-state index contributed by atoms with van der Waals surface area (Å²) in [7, 11) is 1.42. The fraction of sp³-hybridized carbons (Fsp3) is 0.320. The molecule has 180 valence electrons. The SMILES string of the molecule is CCN1Cc2c(nc(C)n2Cc2ccc(-c3ccccc3-c3nnn[nH]3)cc2)N(CC(=O)OC)C1. The number of tetrazole rings is 1. The number of benzene rings is 2. The lowest BCUT2D eigenvalue weighted by Crippen LogP contribution is -2.45. The first-order valence-corrected chi connectivity index (χ1v) is 11.6. The molecule has 1 aliphatic heterocycles. The molecule has 0 fully saturated rings. The van der Waals surface area contributed by atoms with Crippen molar-refractivity contribution in [2.45, 2.75) is 26.9 Å². The van der Waals surface area contributed by atoms with Gasteiger partial charge in [0.05, 0.1) is 19.5 Å². The number of nitrogens with one attached hydrogen (secondary N) is 1. The van der Waals surface area contributed by atoms with E-state index >= 15 is 0 Å². The molecule has 0 saturated carbocycles. The third kappa shape index (κ3) is 4.52. The normalized spacial score (nSPS) is 13.6. The summed E-state index contributed by atoms with van der Waals surface area (Å²) in [5.74, 6) is 2.17. The number of carbonyl (C=O) groups excluding carboxylic acids is 1. The molecule has 0 aliphatic carbocycles. The van der Waals surface area contributed by atoms with Gasteiger partial charge >= 0.3 is 5.97 Å². The van der Waals surface area contributed by atoms with Gasteiger partial charge in [-0.3, -0.25) is 9.69 Å². The monoisotopic (exact) mass is 472 g/mol. The highest BCUT2D eigenvalue weighted by molar-refractivity contribution is 5.80. The molecule has 1 aliphatic rings. The largest absolute Gasteiger partial charge is 0.468 e. The third-order valence-corrected chi connectivity index (χ3v) is 6.41. The van der Waals surface area contributed by atoms with Gasteiger partial charge < -0.3 is 14.2 Å². The fourth-order valence-electron chi connectivity index (χ4n) is 4.53. The summed E-state index contributed by atoms with van der Waals surface area (Å²) < 4.78 is 7.14. The van der Waals surface area contributed by atoms with E-state index in [0.717, 1.165) is 47.1 Å². The number of esters is 1. The number of aromatic amines is 1. The lowest BCUT2D eigenvalue weighted by Gasteiger charge is -2.35. The maximum atomic E-state index is 12.0. The van der Waals surface area contributed by atoms with Gasteiger partial charge in [0.15, 0.2) is 11.6 Å². The fourth-order valence-corrected chi connectivity index (χ4v) is 4.53. The number of H-pyrrole nitrogens is 1. The summed E-state index contributed by atoms with van der Waals surface area (Å²) in [5.41, 5.74) is 5.39. The van der Waals surface area contributed by atoms with Crippen molar-refractivity contribution in [2.24, 2.45) is 0 Å². The van der Waals surface area contributed by atoms with Crippen LogP contribution in [-0.2, 0) is 22.6 Å². The van der Waals surface area contributed by atoms with Crippen molar-refractivity contribution in [3.63, 3.8) is 0 Å². The Balaban J connectivity index is 1.42. The van der Waals surface area contributed by atoms with E-state index in [1.54, 1.807) is 0 Å². The van der Waals surface area contributed by atoms with Gasteiger partial charge in [0, 0.05) is 18.7 Å². The standard InChI is InChI=1S/C25H28N8O2/c1-4-31-14-22-25(32(16-31)15-23(34)35-3)26-17(2)33(22)13-18-9-11-19(12-10-18)20-7-5-6-8-21(20)24-27-29-30-28-24/h5-12H,4,13-16H2,1-3H3,(H,27,28,29,30). The first-order valence-electron chi connectivity index (χ1n) is 11.6. The van der Waals surface area contributed by atoms with E-state index in [4.69, 9.17) is 9.72 Å². The highest BCUT2D eigenvalue weighted by Gasteiger charge is 2.29. The summed E-state index contributed by atoms with van der Waals surface area (Å²) in [6, 6.07) is 16.6. The highest BCUT2D eigenvalue weighted by Crippen LogP contribution is 2.31. The van der Waals surface area contributed by atoms with Gasteiger partial charge in [0.25, 0.3) is 0 Å². The molecule has 0 unspecified atom stereocenters. The second kappa shape index (κ2) is 9.67. The Kier molecular flexibility index (Phi) is 6.28. The molecular weight excluding hydrogens is 444 g/mol. The molecule has 35 heavy (non-hydrogen) atoms. The maximum absolute atomic E-state index is 12.0. The predicted molar refractivity (Wildman–Crippen MR) is 131 cm³/mol. The molecule has 10 heteroatoms. The Labute approximate surface area is 203 Å². The smallest absolute Gasteiger partial charge is 0.325 e. The molecule has 3 heterocycles. The Morgan fingerprint density at radius 2 is 1.89 bits per heavy atom. The van der Waals surface area contributed by atoms with Crippen molar-refractivity contribution in [3.8, 4) is 22.5 Å². The van der Waals surface area contributed by atoms with Crippen LogP contribution in [0.5, 0.6) is 0 Å². The Bertz CT molecular complexity index is 1310. The second-order valence-corrected chi connectivity index (χ2v) is 8.57. The van der Waals surface area contributed by atoms with E-state index in [-0.39, 0.29) is 12.5 Å². The zero-order valence-corrected chi connectivity index (χ0v) is 20.1. The summed E-state index contributed by atoms with van der Waals surface area (Å²) in [4.78, 5) is 21.1. The lowest BCUT2D eigenvalue weighted by molar-refractivity contribution is -0.139. The first kappa shape index (κ1) is 22.7. The number of aryl methyl sites for hydroxylation is 1. The number of imidazole rings is 1. The van der Waals surface area contributed by atoms with Crippen LogP contribution >= 0.6 is 0 Å². The molecule has 0 radical (unpaired) electrons. The maximum Gasteiger partial charge on any atom is 0.325 e. The van der Waals surface area contributed by atoms with Gasteiger partial charge in [-0.1, -0.05) is 55.5 Å². The van der Waals surface area contributed by atoms with E-state index in [1.165, 1.54) is 12.7 Å². The zero-order valence-electron chi connectivity index (χ0n) is 20.1. The topological polar surface area (TPSA) is 105 Å². The van der Waals surface area contributed by atoms with Gasteiger partial charge in [0.1, 0.15) is 12.4 Å². The van der Waals surface area contributed by atoms with Gasteiger partial charge in [0.2, 0.25) is 0 Å². The Morgan fingerprint density at radius 1 is 1.11 bits per heavy atom. The van der Waals surface area contributed by atoms with Crippen LogP contribution in [0.4, 0.5) is 5.82 Å². The van der Waals surface area contributed by atoms with Crippen LogP contribution < -0.4 is 4.90 Å². The van der Waals surface area contributed by atoms with Crippen molar-refractivity contribution >= 4 is 11.8 Å². The van der Waals surface area contributed by atoms with E-state index in [2.05, 4.69) is 67.3 Å². The number of hydrogen-bond acceptors (Lipinski definition) is 8. The van der Waals surface area contributed by atoms with Gasteiger partial charge in [-0.05, 0) is 40.6 Å². The molecule has 4 aromatic rings. The first-order chi connectivity index (χ1) is 17.1. The van der Waals surface area contributed by atoms with Gasteiger partial charge in [-0.2, -0.15) is 0 Å². The van der Waals surface area contributed by atoms with Crippen LogP contribution in [0.3, 0.4) is 0 Å². The van der Waals surface area contributed by atoms with E-state index in [9.17, 15) is 4.79 Å². The number of fused-ring (bicyclic) bond motifs is 1. The summed E-state index contributed by atoms with van der Waals surface area (Å²) in [5, 5.41) is 14.3. The molecule has 10 nitrogen and oxygen atoms in total. The van der Waals surface area contributed by atoms with Gasteiger partial charge in [-0.15, -0.1) is 5.10 Å². The number of methoxy groups -OCH3 is 1. The molecule has 0 saturated heterocycles. The number of carbonyl (C=O) groups is 1. The minimum atomic E-state index is -0.266. The predicted octanol–water partition coefficient (Wildman–Crippen LogP) is 2.86. The van der Waals surface area contributed by atoms with Crippen LogP contribution in [0.25, 0.3) is 22.5 Å². The van der Waals surface area contributed by atoms with E-state index in [1.807, 2.05) is 30.0 Å². The van der Waals surface area contributed by atoms with E-state index < -0.39 is 0 Å².